The normalized spacial score (nSPS) is 11.7. The molecule has 0 aliphatic carbocycles. The van der Waals surface area contributed by atoms with E-state index in [1.165, 1.54) is 0 Å². The first-order valence-electron chi connectivity index (χ1n) is 6.44. The SMILES string of the molecule is CCc1nc(Cl)c(C)c(NC(CC)(CC)CO)n1. The van der Waals surface area contributed by atoms with Crippen LogP contribution in [0.1, 0.15) is 45.0 Å². The fraction of sp³-hybridized carbons (Fsp3) is 0.692. The summed E-state index contributed by atoms with van der Waals surface area (Å²) in [6.07, 6.45) is 2.38. The topological polar surface area (TPSA) is 58.0 Å². The van der Waals surface area contributed by atoms with Crippen LogP contribution in [0.25, 0.3) is 0 Å². The second-order valence-electron chi connectivity index (χ2n) is 4.53. The summed E-state index contributed by atoms with van der Waals surface area (Å²) in [4.78, 5) is 8.67. The van der Waals surface area contributed by atoms with E-state index in [4.69, 9.17) is 11.6 Å². The van der Waals surface area contributed by atoms with Crippen molar-refractivity contribution in [3.05, 3.63) is 16.5 Å². The molecule has 18 heavy (non-hydrogen) atoms. The third-order valence-electron chi connectivity index (χ3n) is 3.49. The highest BCUT2D eigenvalue weighted by Gasteiger charge is 2.26. The molecule has 1 heterocycles. The van der Waals surface area contributed by atoms with Crippen LogP contribution in [0, 0.1) is 6.92 Å². The van der Waals surface area contributed by atoms with Crippen LogP contribution in [-0.2, 0) is 6.42 Å². The second kappa shape index (κ2) is 6.34. The van der Waals surface area contributed by atoms with E-state index in [-0.39, 0.29) is 12.1 Å². The minimum absolute atomic E-state index is 0.0719. The van der Waals surface area contributed by atoms with Gasteiger partial charge in [0.2, 0.25) is 0 Å². The number of nitrogens with zero attached hydrogens (tertiary/aromatic N) is 2. The fourth-order valence-corrected chi connectivity index (χ4v) is 1.94. The lowest BCUT2D eigenvalue weighted by Gasteiger charge is -2.32. The highest BCUT2D eigenvalue weighted by molar-refractivity contribution is 6.30. The van der Waals surface area contributed by atoms with Crippen LogP contribution in [0.15, 0.2) is 0 Å². The van der Waals surface area contributed by atoms with Crippen molar-refractivity contribution in [3.63, 3.8) is 0 Å². The van der Waals surface area contributed by atoms with Crippen LogP contribution < -0.4 is 5.32 Å². The van der Waals surface area contributed by atoms with Gasteiger partial charge in [0.25, 0.3) is 0 Å². The van der Waals surface area contributed by atoms with Gasteiger partial charge >= 0.3 is 0 Å². The van der Waals surface area contributed by atoms with E-state index in [1.54, 1.807) is 0 Å². The van der Waals surface area contributed by atoms with Crippen molar-refractivity contribution >= 4 is 17.4 Å². The van der Waals surface area contributed by atoms with Gasteiger partial charge in [-0.1, -0.05) is 32.4 Å². The maximum Gasteiger partial charge on any atom is 0.137 e. The molecule has 0 aliphatic rings. The van der Waals surface area contributed by atoms with Gasteiger partial charge in [0, 0.05) is 12.0 Å². The standard InChI is InChI=1S/C13H22ClN3O/c1-5-10-15-11(14)9(4)12(16-10)17-13(6-2,7-3)8-18/h18H,5-8H2,1-4H3,(H,15,16,17). The van der Waals surface area contributed by atoms with Gasteiger partial charge in [-0.2, -0.15) is 0 Å². The van der Waals surface area contributed by atoms with Crippen LogP contribution in [0.3, 0.4) is 0 Å². The monoisotopic (exact) mass is 271 g/mol. The van der Waals surface area contributed by atoms with Crippen LogP contribution in [0.2, 0.25) is 5.15 Å². The van der Waals surface area contributed by atoms with E-state index >= 15 is 0 Å². The van der Waals surface area contributed by atoms with Gasteiger partial charge < -0.3 is 10.4 Å². The molecule has 0 atom stereocenters. The number of rotatable bonds is 6. The van der Waals surface area contributed by atoms with Gasteiger partial charge in [-0.3, -0.25) is 0 Å². The highest BCUT2D eigenvalue weighted by Crippen LogP contribution is 2.26. The minimum atomic E-state index is -0.340. The zero-order chi connectivity index (χ0) is 13.8. The Kier molecular flexibility index (Phi) is 5.35. The van der Waals surface area contributed by atoms with E-state index in [1.807, 2.05) is 27.7 Å². The molecule has 2 N–H and O–H groups in total. The van der Waals surface area contributed by atoms with Gasteiger partial charge in [-0.05, 0) is 19.8 Å². The lowest BCUT2D eigenvalue weighted by atomic mass is 9.94. The molecule has 0 fully saturated rings. The molecule has 1 aromatic heterocycles. The summed E-state index contributed by atoms with van der Waals surface area (Å²) in [6, 6.07) is 0. The number of halogens is 1. The first-order valence-corrected chi connectivity index (χ1v) is 6.81. The summed E-state index contributed by atoms with van der Waals surface area (Å²) in [5, 5.41) is 13.4. The Morgan fingerprint density at radius 1 is 1.22 bits per heavy atom. The lowest BCUT2D eigenvalue weighted by Crippen LogP contribution is -2.41. The molecular formula is C13H22ClN3O. The van der Waals surface area contributed by atoms with Gasteiger partial charge in [-0.15, -0.1) is 0 Å². The van der Waals surface area contributed by atoms with Crippen molar-refractivity contribution in [3.8, 4) is 0 Å². The van der Waals surface area contributed by atoms with Gasteiger partial charge in [0.1, 0.15) is 16.8 Å². The second-order valence-corrected chi connectivity index (χ2v) is 4.89. The fourth-order valence-electron chi connectivity index (χ4n) is 1.75. The third kappa shape index (κ3) is 3.12. The van der Waals surface area contributed by atoms with Crippen molar-refractivity contribution < 1.29 is 5.11 Å². The number of hydrogen-bond acceptors (Lipinski definition) is 4. The first kappa shape index (κ1) is 15.2. The van der Waals surface area contributed by atoms with Crippen molar-refractivity contribution in [2.75, 3.05) is 11.9 Å². The molecule has 5 heteroatoms. The Morgan fingerprint density at radius 3 is 2.28 bits per heavy atom. The molecule has 0 radical (unpaired) electrons. The average molecular weight is 272 g/mol. The summed E-state index contributed by atoms with van der Waals surface area (Å²) in [6.45, 7) is 8.04. The smallest absolute Gasteiger partial charge is 0.137 e. The predicted molar refractivity (Wildman–Crippen MR) is 75.2 cm³/mol. The molecule has 0 saturated heterocycles. The minimum Gasteiger partial charge on any atom is -0.394 e. The van der Waals surface area contributed by atoms with Crippen molar-refractivity contribution in [2.24, 2.45) is 0 Å². The number of anilines is 1. The molecule has 0 aliphatic heterocycles. The lowest BCUT2D eigenvalue weighted by molar-refractivity contribution is 0.202. The van der Waals surface area contributed by atoms with E-state index in [0.29, 0.717) is 11.0 Å². The molecule has 0 spiro atoms. The van der Waals surface area contributed by atoms with Crippen LogP contribution >= 0.6 is 11.6 Å². The van der Waals surface area contributed by atoms with E-state index in [9.17, 15) is 5.11 Å². The molecule has 4 nitrogen and oxygen atoms in total. The zero-order valence-electron chi connectivity index (χ0n) is 11.5. The third-order valence-corrected chi connectivity index (χ3v) is 3.86. The average Bonchev–Trinajstić information content (AvgIpc) is 2.40. The van der Waals surface area contributed by atoms with Crippen molar-refractivity contribution in [2.45, 2.75) is 52.5 Å². The molecule has 0 bridgehead atoms. The largest absolute Gasteiger partial charge is 0.394 e. The molecule has 1 rings (SSSR count). The molecular weight excluding hydrogens is 250 g/mol. The zero-order valence-corrected chi connectivity index (χ0v) is 12.3. The highest BCUT2D eigenvalue weighted by atomic mass is 35.5. The van der Waals surface area contributed by atoms with Crippen LogP contribution in [0.5, 0.6) is 0 Å². The van der Waals surface area contributed by atoms with Crippen LogP contribution in [0.4, 0.5) is 5.82 Å². The maximum absolute atomic E-state index is 9.59. The Bertz CT molecular complexity index is 397. The summed E-state index contributed by atoms with van der Waals surface area (Å²) >= 11 is 6.10. The van der Waals surface area contributed by atoms with Crippen molar-refractivity contribution in [1.29, 1.82) is 0 Å². The number of aryl methyl sites for hydroxylation is 1. The van der Waals surface area contributed by atoms with E-state index in [0.717, 1.165) is 30.6 Å². The molecule has 0 saturated carbocycles. The quantitative estimate of drug-likeness (QED) is 0.781. The Labute approximate surface area is 114 Å². The molecule has 0 aromatic carbocycles. The number of aliphatic hydroxyl groups is 1. The summed E-state index contributed by atoms with van der Waals surface area (Å²) in [5.41, 5.74) is 0.488. The molecule has 0 amide bonds. The van der Waals surface area contributed by atoms with Gasteiger partial charge in [-0.25, -0.2) is 9.97 Å². The van der Waals surface area contributed by atoms with Gasteiger partial charge in [0.05, 0.1) is 12.1 Å². The summed E-state index contributed by atoms with van der Waals surface area (Å²) in [7, 11) is 0. The first-order chi connectivity index (χ1) is 8.51. The van der Waals surface area contributed by atoms with Gasteiger partial charge in [0.15, 0.2) is 0 Å². The summed E-state index contributed by atoms with van der Waals surface area (Å²) < 4.78 is 0. The Balaban J connectivity index is 3.13. The number of aliphatic hydroxyl groups excluding tert-OH is 1. The predicted octanol–water partition coefficient (Wildman–Crippen LogP) is 2.96. The maximum atomic E-state index is 9.59. The molecule has 0 unspecified atom stereocenters. The van der Waals surface area contributed by atoms with E-state index in [2.05, 4.69) is 15.3 Å². The Morgan fingerprint density at radius 2 is 1.83 bits per heavy atom. The molecule has 1 aromatic rings. The number of nitrogens with one attached hydrogen (secondary N) is 1. The summed E-state index contributed by atoms with van der Waals surface area (Å²) in [5.74, 6) is 1.44. The number of hydrogen-bond donors (Lipinski definition) is 2. The Hall–Kier alpha value is -0.870. The van der Waals surface area contributed by atoms with Crippen LogP contribution in [-0.4, -0.2) is 27.2 Å². The molecule has 102 valence electrons. The van der Waals surface area contributed by atoms with E-state index < -0.39 is 0 Å². The van der Waals surface area contributed by atoms with Crippen molar-refractivity contribution in [1.82, 2.24) is 9.97 Å². The number of aromatic nitrogens is 2.